The number of halogens is 1. The first-order valence-electron chi connectivity index (χ1n) is 6.74. The average molecular weight is 276 g/mol. The van der Waals surface area contributed by atoms with Gasteiger partial charge in [0, 0.05) is 13.1 Å². The van der Waals surface area contributed by atoms with Crippen molar-refractivity contribution < 1.29 is 4.39 Å². The third-order valence-electron chi connectivity index (χ3n) is 3.46. The van der Waals surface area contributed by atoms with Gasteiger partial charge in [0.1, 0.15) is 10.8 Å². The summed E-state index contributed by atoms with van der Waals surface area (Å²) in [4.78, 5) is 7.07. The van der Waals surface area contributed by atoms with Crippen molar-refractivity contribution in [3.05, 3.63) is 35.1 Å². The second-order valence-electron chi connectivity index (χ2n) is 4.91. The van der Waals surface area contributed by atoms with Crippen LogP contribution in [0.15, 0.2) is 24.3 Å². The number of nitrogens with zero attached hydrogens (tertiary/aromatic N) is 2. The maximum atomic E-state index is 13.2. The molecule has 0 aliphatic carbocycles. The average Bonchev–Trinajstić information content (AvgIpc) is 2.83. The van der Waals surface area contributed by atoms with Crippen molar-refractivity contribution >= 4 is 27.1 Å². The van der Waals surface area contributed by atoms with E-state index in [0.717, 1.165) is 41.3 Å². The largest absolute Gasteiger partial charge is 0.299 e. The normalized spacial score (nSPS) is 16.8. The van der Waals surface area contributed by atoms with Crippen LogP contribution in [-0.2, 0) is 0 Å². The maximum Gasteiger partial charge on any atom is 0.124 e. The van der Waals surface area contributed by atoms with E-state index in [-0.39, 0.29) is 5.82 Å². The first-order valence-corrected chi connectivity index (χ1v) is 7.56. The van der Waals surface area contributed by atoms with E-state index >= 15 is 0 Å². The molecule has 0 unspecified atom stereocenters. The molecule has 0 amide bonds. The Labute approximate surface area is 116 Å². The van der Waals surface area contributed by atoms with Crippen molar-refractivity contribution in [1.29, 1.82) is 0 Å². The molecule has 100 valence electrons. The van der Waals surface area contributed by atoms with E-state index in [1.807, 2.05) is 0 Å². The lowest BCUT2D eigenvalue weighted by molar-refractivity contribution is 0.302. The molecule has 0 spiro atoms. The van der Waals surface area contributed by atoms with Crippen LogP contribution < -0.4 is 0 Å². The highest BCUT2D eigenvalue weighted by Crippen LogP contribution is 2.30. The lowest BCUT2D eigenvalue weighted by Crippen LogP contribution is -2.29. The molecule has 1 aromatic carbocycles. The van der Waals surface area contributed by atoms with Gasteiger partial charge >= 0.3 is 0 Å². The van der Waals surface area contributed by atoms with Gasteiger partial charge in [-0.15, -0.1) is 11.3 Å². The quantitative estimate of drug-likeness (QED) is 0.844. The fraction of sp³-hybridized carbons (Fsp3) is 0.400. The van der Waals surface area contributed by atoms with Crippen LogP contribution in [0.1, 0.15) is 24.8 Å². The number of hydrogen-bond acceptors (Lipinski definition) is 3. The van der Waals surface area contributed by atoms with E-state index < -0.39 is 0 Å². The Kier molecular flexibility index (Phi) is 3.62. The summed E-state index contributed by atoms with van der Waals surface area (Å²) in [6, 6.07) is 4.81. The van der Waals surface area contributed by atoms with Gasteiger partial charge in [-0.25, -0.2) is 9.37 Å². The van der Waals surface area contributed by atoms with Crippen molar-refractivity contribution in [1.82, 2.24) is 9.88 Å². The zero-order valence-corrected chi connectivity index (χ0v) is 11.8. The van der Waals surface area contributed by atoms with Crippen LogP contribution in [0.4, 0.5) is 4.39 Å². The molecule has 1 aliphatic rings. The van der Waals surface area contributed by atoms with Crippen LogP contribution >= 0.6 is 11.3 Å². The highest BCUT2D eigenvalue weighted by Gasteiger charge is 2.15. The van der Waals surface area contributed by atoms with Crippen LogP contribution in [0.3, 0.4) is 0 Å². The zero-order valence-electron chi connectivity index (χ0n) is 11.0. The van der Waals surface area contributed by atoms with Crippen molar-refractivity contribution in [3.63, 3.8) is 0 Å². The molecule has 0 N–H and O–H groups in total. The van der Waals surface area contributed by atoms with E-state index in [1.165, 1.54) is 18.1 Å². The molecule has 1 aliphatic heterocycles. The van der Waals surface area contributed by atoms with Crippen molar-refractivity contribution in [3.8, 4) is 0 Å². The highest BCUT2D eigenvalue weighted by molar-refractivity contribution is 7.19. The molecule has 0 fully saturated rings. The Hall–Kier alpha value is -1.26. The SMILES string of the molecule is CCCN1CC=C(c2nc3ccc(F)cc3s2)CC1. The second kappa shape index (κ2) is 5.39. The molecule has 2 heterocycles. The van der Waals surface area contributed by atoms with Crippen LogP contribution in [0.2, 0.25) is 0 Å². The molecular weight excluding hydrogens is 259 g/mol. The number of hydrogen-bond donors (Lipinski definition) is 0. The lowest BCUT2D eigenvalue weighted by atomic mass is 10.1. The molecule has 4 heteroatoms. The lowest BCUT2D eigenvalue weighted by Gasteiger charge is -2.24. The summed E-state index contributed by atoms with van der Waals surface area (Å²) < 4.78 is 14.1. The Morgan fingerprint density at radius 2 is 2.32 bits per heavy atom. The fourth-order valence-electron chi connectivity index (χ4n) is 2.46. The summed E-state index contributed by atoms with van der Waals surface area (Å²) in [5.74, 6) is -0.186. The molecule has 19 heavy (non-hydrogen) atoms. The van der Waals surface area contributed by atoms with Crippen LogP contribution in [0.25, 0.3) is 15.8 Å². The number of aromatic nitrogens is 1. The third kappa shape index (κ3) is 2.69. The van der Waals surface area contributed by atoms with Gasteiger partial charge < -0.3 is 0 Å². The first kappa shape index (κ1) is 12.8. The molecule has 0 saturated heterocycles. The topological polar surface area (TPSA) is 16.1 Å². The minimum absolute atomic E-state index is 0.186. The van der Waals surface area contributed by atoms with E-state index in [1.54, 1.807) is 23.5 Å². The molecule has 2 aromatic rings. The van der Waals surface area contributed by atoms with Crippen LogP contribution in [0.5, 0.6) is 0 Å². The van der Waals surface area contributed by atoms with Gasteiger partial charge in [0.2, 0.25) is 0 Å². The Morgan fingerprint density at radius 1 is 1.42 bits per heavy atom. The van der Waals surface area contributed by atoms with Gasteiger partial charge in [-0.05, 0) is 43.2 Å². The summed E-state index contributed by atoms with van der Waals surface area (Å²) >= 11 is 1.59. The molecule has 0 atom stereocenters. The summed E-state index contributed by atoms with van der Waals surface area (Å²) in [6.07, 6.45) is 4.51. The van der Waals surface area contributed by atoms with Gasteiger partial charge in [-0.3, -0.25) is 4.90 Å². The van der Waals surface area contributed by atoms with Gasteiger partial charge in [-0.2, -0.15) is 0 Å². The second-order valence-corrected chi connectivity index (χ2v) is 5.94. The number of rotatable bonds is 3. The van der Waals surface area contributed by atoms with E-state index in [0.29, 0.717) is 0 Å². The van der Waals surface area contributed by atoms with Crippen molar-refractivity contribution in [2.24, 2.45) is 0 Å². The van der Waals surface area contributed by atoms with Gasteiger partial charge in [-0.1, -0.05) is 13.0 Å². The maximum absolute atomic E-state index is 13.2. The van der Waals surface area contributed by atoms with E-state index in [4.69, 9.17) is 0 Å². The van der Waals surface area contributed by atoms with Gasteiger partial charge in [0.25, 0.3) is 0 Å². The number of thiazole rings is 1. The molecule has 0 saturated carbocycles. The van der Waals surface area contributed by atoms with E-state index in [2.05, 4.69) is 22.9 Å². The summed E-state index contributed by atoms with van der Waals surface area (Å²) in [5, 5.41) is 1.05. The third-order valence-corrected chi connectivity index (χ3v) is 4.55. The molecule has 1 aromatic heterocycles. The Morgan fingerprint density at radius 3 is 3.05 bits per heavy atom. The zero-order chi connectivity index (χ0) is 13.2. The Balaban J connectivity index is 1.85. The van der Waals surface area contributed by atoms with Crippen LogP contribution in [-0.4, -0.2) is 29.5 Å². The van der Waals surface area contributed by atoms with Gasteiger partial charge in [0.05, 0.1) is 10.2 Å². The minimum atomic E-state index is -0.186. The molecule has 0 radical (unpaired) electrons. The molecule has 3 rings (SSSR count). The standard InChI is InChI=1S/C15H17FN2S/c1-2-7-18-8-5-11(6-9-18)15-17-13-4-3-12(16)10-14(13)19-15/h3-5,10H,2,6-9H2,1H3. The fourth-order valence-corrected chi connectivity index (χ4v) is 3.52. The Bertz CT molecular complexity index is 618. The molecule has 0 bridgehead atoms. The summed E-state index contributed by atoms with van der Waals surface area (Å²) in [6.45, 7) is 5.48. The smallest absolute Gasteiger partial charge is 0.124 e. The van der Waals surface area contributed by atoms with E-state index in [9.17, 15) is 4.39 Å². The molecule has 2 nitrogen and oxygen atoms in total. The minimum Gasteiger partial charge on any atom is -0.299 e. The molecular formula is C15H17FN2S. The summed E-state index contributed by atoms with van der Waals surface area (Å²) in [7, 11) is 0. The predicted octanol–water partition coefficient (Wildman–Crippen LogP) is 3.93. The number of fused-ring (bicyclic) bond motifs is 1. The van der Waals surface area contributed by atoms with Crippen molar-refractivity contribution in [2.75, 3.05) is 19.6 Å². The predicted molar refractivity (Wildman–Crippen MR) is 78.9 cm³/mol. The van der Waals surface area contributed by atoms with Gasteiger partial charge in [0.15, 0.2) is 0 Å². The highest BCUT2D eigenvalue weighted by atomic mass is 32.1. The monoisotopic (exact) mass is 276 g/mol. The summed E-state index contributed by atoms with van der Waals surface area (Å²) in [5.41, 5.74) is 2.22. The number of benzene rings is 1. The first-order chi connectivity index (χ1) is 9.26. The van der Waals surface area contributed by atoms with Crippen LogP contribution in [0, 0.1) is 5.82 Å². The van der Waals surface area contributed by atoms with Crippen molar-refractivity contribution in [2.45, 2.75) is 19.8 Å².